The third-order valence-electron chi connectivity index (χ3n) is 7.01. The Bertz CT molecular complexity index is 708. The normalized spacial score (nSPS) is 24.5. The first-order chi connectivity index (χ1) is 15.2. The average Bonchev–Trinajstić information content (AvgIpc) is 3.57. The maximum absolute atomic E-state index is 12.8. The van der Waals surface area contributed by atoms with Crippen LogP contribution in [0.4, 0.5) is 0 Å². The summed E-state index contributed by atoms with van der Waals surface area (Å²) in [7, 11) is 0. The highest BCUT2D eigenvalue weighted by Crippen LogP contribution is 2.28. The SMILES string of the molecule is CCNC(=NCC(c1ccco1)N1CCCCC1)NC1CCN(C(=O)C2CCCC2)C1. The number of piperidine rings is 1. The molecule has 2 N–H and O–H groups in total. The fourth-order valence-corrected chi connectivity index (χ4v) is 5.30. The Kier molecular flexibility index (Phi) is 7.89. The predicted octanol–water partition coefficient (Wildman–Crippen LogP) is 3.15. The Labute approximate surface area is 186 Å². The van der Waals surface area contributed by atoms with Gasteiger partial charge in [-0.05, 0) is 64.3 Å². The van der Waals surface area contributed by atoms with E-state index in [9.17, 15) is 4.79 Å². The van der Waals surface area contributed by atoms with Crippen LogP contribution >= 0.6 is 0 Å². The van der Waals surface area contributed by atoms with Crippen LogP contribution in [0.2, 0.25) is 0 Å². The first-order valence-corrected chi connectivity index (χ1v) is 12.4. The molecule has 1 aliphatic carbocycles. The van der Waals surface area contributed by atoms with Gasteiger partial charge in [-0.3, -0.25) is 14.7 Å². The highest BCUT2D eigenvalue weighted by Gasteiger charge is 2.32. The van der Waals surface area contributed by atoms with Crippen molar-refractivity contribution in [3.63, 3.8) is 0 Å². The standard InChI is InChI=1S/C24H39N5O2/c1-2-25-24(27-20-12-15-29(18-20)23(30)19-9-4-5-10-19)26-17-21(22-11-8-16-31-22)28-13-6-3-7-14-28/h8,11,16,19-21H,2-7,9-10,12-15,17-18H2,1H3,(H2,25,26,27). The number of likely N-dealkylation sites (tertiary alicyclic amines) is 2. The number of amides is 1. The van der Waals surface area contributed by atoms with Gasteiger partial charge in [-0.1, -0.05) is 19.3 Å². The monoisotopic (exact) mass is 429 g/mol. The summed E-state index contributed by atoms with van der Waals surface area (Å²) in [4.78, 5) is 22.3. The molecule has 7 heteroatoms. The van der Waals surface area contributed by atoms with Gasteiger partial charge in [0.2, 0.25) is 5.91 Å². The van der Waals surface area contributed by atoms with E-state index in [-0.39, 0.29) is 18.0 Å². The van der Waals surface area contributed by atoms with Gasteiger partial charge in [-0.2, -0.15) is 0 Å². The maximum Gasteiger partial charge on any atom is 0.225 e. The average molecular weight is 430 g/mol. The summed E-state index contributed by atoms with van der Waals surface area (Å²) in [6.07, 6.45) is 11.1. The minimum Gasteiger partial charge on any atom is -0.468 e. The van der Waals surface area contributed by atoms with Gasteiger partial charge >= 0.3 is 0 Å². The van der Waals surface area contributed by atoms with Crippen molar-refractivity contribution in [2.24, 2.45) is 10.9 Å². The second-order valence-electron chi connectivity index (χ2n) is 9.24. The van der Waals surface area contributed by atoms with E-state index in [1.165, 1.54) is 32.1 Å². The van der Waals surface area contributed by atoms with Crippen LogP contribution in [-0.2, 0) is 4.79 Å². The van der Waals surface area contributed by atoms with E-state index in [1.54, 1.807) is 6.26 Å². The minimum absolute atomic E-state index is 0.176. The molecule has 2 aliphatic heterocycles. The minimum atomic E-state index is 0.176. The zero-order valence-electron chi connectivity index (χ0n) is 19.0. The van der Waals surface area contributed by atoms with Gasteiger partial charge in [0.25, 0.3) is 0 Å². The Morgan fingerprint density at radius 1 is 1.16 bits per heavy atom. The summed E-state index contributed by atoms with van der Waals surface area (Å²) >= 11 is 0. The number of furan rings is 1. The lowest BCUT2D eigenvalue weighted by Gasteiger charge is -2.32. The number of rotatable bonds is 7. The molecule has 0 aromatic carbocycles. The number of hydrogen-bond acceptors (Lipinski definition) is 4. The molecule has 1 aromatic heterocycles. The van der Waals surface area contributed by atoms with Gasteiger partial charge in [-0.25, -0.2) is 0 Å². The number of hydrogen-bond donors (Lipinski definition) is 2. The molecule has 2 unspecified atom stereocenters. The first-order valence-electron chi connectivity index (χ1n) is 12.4. The van der Waals surface area contributed by atoms with Crippen LogP contribution in [-0.4, -0.2) is 67.0 Å². The lowest BCUT2D eigenvalue weighted by molar-refractivity contribution is -0.134. The van der Waals surface area contributed by atoms with E-state index in [1.807, 2.05) is 6.07 Å². The van der Waals surface area contributed by atoms with Crippen molar-refractivity contribution in [2.45, 2.75) is 70.4 Å². The fourth-order valence-electron chi connectivity index (χ4n) is 5.30. The molecule has 3 heterocycles. The third kappa shape index (κ3) is 5.82. The van der Waals surface area contributed by atoms with Crippen molar-refractivity contribution in [3.8, 4) is 0 Å². The molecular weight excluding hydrogens is 390 g/mol. The van der Waals surface area contributed by atoms with Crippen LogP contribution in [0, 0.1) is 5.92 Å². The van der Waals surface area contributed by atoms with E-state index in [2.05, 4.69) is 33.4 Å². The predicted molar refractivity (Wildman–Crippen MR) is 123 cm³/mol. The highest BCUT2D eigenvalue weighted by atomic mass is 16.3. The fraction of sp³-hybridized carbons (Fsp3) is 0.750. The molecule has 3 fully saturated rings. The molecule has 0 bridgehead atoms. The number of nitrogens with zero attached hydrogens (tertiary/aromatic N) is 3. The third-order valence-corrected chi connectivity index (χ3v) is 7.01. The Morgan fingerprint density at radius 2 is 1.97 bits per heavy atom. The molecule has 7 nitrogen and oxygen atoms in total. The first kappa shape index (κ1) is 22.2. The summed E-state index contributed by atoms with van der Waals surface area (Å²) in [6, 6.07) is 4.47. The Hall–Kier alpha value is -2.02. The van der Waals surface area contributed by atoms with Gasteiger partial charge in [0.15, 0.2) is 5.96 Å². The van der Waals surface area contributed by atoms with Crippen molar-refractivity contribution >= 4 is 11.9 Å². The summed E-state index contributed by atoms with van der Waals surface area (Å²) in [6.45, 7) is 7.43. The second-order valence-corrected chi connectivity index (χ2v) is 9.24. The summed E-state index contributed by atoms with van der Waals surface area (Å²) in [5.41, 5.74) is 0. The largest absolute Gasteiger partial charge is 0.468 e. The molecule has 1 amide bonds. The van der Waals surface area contributed by atoms with Crippen molar-refractivity contribution in [3.05, 3.63) is 24.2 Å². The molecule has 0 spiro atoms. The van der Waals surface area contributed by atoms with E-state index in [0.717, 1.165) is 63.7 Å². The molecule has 1 saturated carbocycles. The lowest BCUT2D eigenvalue weighted by atomic mass is 10.1. The van der Waals surface area contributed by atoms with Crippen LogP contribution in [0.25, 0.3) is 0 Å². The zero-order chi connectivity index (χ0) is 21.5. The van der Waals surface area contributed by atoms with Crippen molar-refractivity contribution in [1.82, 2.24) is 20.4 Å². The van der Waals surface area contributed by atoms with E-state index < -0.39 is 0 Å². The molecule has 3 aliphatic rings. The second kappa shape index (κ2) is 11.0. The van der Waals surface area contributed by atoms with Crippen LogP contribution in [0.5, 0.6) is 0 Å². The van der Waals surface area contributed by atoms with E-state index >= 15 is 0 Å². The van der Waals surface area contributed by atoms with Gasteiger partial charge in [0.1, 0.15) is 5.76 Å². The molecule has 1 aromatic rings. The van der Waals surface area contributed by atoms with Crippen molar-refractivity contribution in [1.29, 1.82) is 0 Å². The Morgan fingerprint density at radius 3 is 2.68 bits per heavy atom. The molecule has 172 valence electrons. The molecular formula is C24H39N5O2. The van der Waals surface area contributed by atoms with Gasteiger partial charge < -0.3 is 20.0 Å². The number of guanidine groups is 1. The number of nitrogens with one attached hydrogen (secondary N) is 2. The topological polar surface area (TPSA) is 73.1 Å². The smallest absolute Gasteiger partial charge is 0.225 e. The number of aliphatic imine (C=N–C) groups is 1. The van der Waals surface area contributed by atoms with Crippen LogP contribution in [0.3, 0.4) is 0 Å². The zero-order valence-corrected chi connectivity index (χ0v) is 19.0. The van der Waals surface area contributed by atoms with E-state index in [0.29, 0.717) is 12.5 Å². The van der Waals surface area contributed by atoms with Crippen LogP contribution in [0.15, 0.2) is 27.8 Å². The van der Waals surface area contributed by atoms with Crippen molar-refractivity contribution < 1.29 is 9.21 Å². The van der Waals surface area contributed by atoms with Crippen molar-refractivity contribution in [2.75, 3.05) is 39.3 Å². The van der Waals surface area contributed by atoms with E-state index in [4.69, 9.17) is 9.41 Å². The number of carbonyl (C=O) groups excluding carboxylic acids is 1. The van der Waals surface area contributed by atoms with Gasteiger partial charge in [0, 0.05) is 31.6 Å². The number of carbonyl (C=O) groups is 1. The molecule has 2 atom stereocenters. The summed E-state index contributed by atoms with van der Waals surface area (Å²) < 4.78 is 5.77. The quantitative estimate of drug-likeness (QED) is 0.515. The molecule has 2 saturated heterocycles. The van der Waals surface area contributed by atoms with Gasteiger partial charge in [0.05, 0.1) is 18.8 Å². The summed E-state index contributed by atoms with van der Waals surface area (Å²) in [5, 5.41) is 6.99. The summed E-state index contributed by atoms with van der Waals surface area (Å²) in [5.74, 6) is 2.47. The van der Waals surface area contributed by atoms with Crippen LogP contribution < -0.4 is 10.6 Å². The Balaban J connectivity index is 1.36. The van der Waals surface area contributed by atoms with Crippen LogP contribution in [0.1, 0.15) is 70.1 Å². The lowest BCUT2D eigenvalue weighted by Crippen LogP contribution is -2.46. The molecule has 4 rings (SSSR count). The molecule has 31 heavy (non-hydrogen) atoms. The highest BCUT2D eigenvalue weighted by molar-refractivity contribution is 5.81. The van der Waals surface area contributed by atoms with Gasteiger partial charge in [-0.15, -0.1) is 0 Å². The molecule has 0 radical (unpaired) electrons. The maximum atomic E-state index is 12.8.